The molecule has 0 bridgehead atoms. The Balaban J connectivity index is 1.85. The summed E-state index contributed by atoms with van der Waals surface area (Å²) in [5.74, 6) is -0.186. The summed E-state index contributed by atoms with van der Waals surface area (Å²) in [4.78, 5) is 26.9. The third-order valence-corrected chi connectivity index (χ3v) is 3.35. The first-order chi connectivity index (χ1) is 9.15. The number of nitrogens with one attached hydrogen (secondary N) is 1. The number of amides is 1. The third kappa shape index (κ3) is 3.99. The second-order valence-electron chi connectivity index (χ2n) is 4.13. The number of carbonyl (C=O) groups is 2. The van der Waals surface area contributed by atoms with Crippen molar-refractivity contribution in [2.24, 2.45) is 0 Å². The number of Topliss-reactive ketones (excluding diaryl/α,β-unsaturated/α-hetero) is 1. The topological polar surface area (TPSA) is 59.1 Å². The number of nitrogens with zero attached hydrogens (tertiary/aromatic N) is 1. The van der Waals surface area contributed by atoms with Gasteiger partial charge in [0.2, 0.25) is 5.91 Å². The van der Waals surface area contributed by atoms with Crippen LogP contribution in [-0.2, 0) is 11.2 Å². The monoisotopic (exact) mass is 274 g/mol. The molecule has 0 unspecified atom stereocenters. The van der Waals surface area contributed by atoms with Crippen LogP contribution in [0.2, 0.25) is 0 Å². The molecule has 2 rings (SSSR count). The van der Waals surface area contributed by atoms with E-state index in [0.29, 0.717) is 23.7 Å². The van der Waals surface area contributed by atoms with Gasteiger partial charge >= 0.3 is 0 Å². The summed E-state index contributed by atoms with van der Waals surface area (Å²) in [5, 5.41) is 4.83. The molecule has 0 atom stereocenters. The lowest BCUT2D eigenvalue weighted by Gasteiger charge is -2.01. The van der Waals surface area contributed by atoms with Gasteiger partial charge in [-0.15, -0.1) is 11.3 Å². The number of thiazole rings is 1. The fraction of sp³-hybridized carbons (Fsp3) is 0.214. The fourth-order valence-electron chi connectivity index (χ4n) is 1.58. The van der Waals surface area contributed by atoms with Crippen molar-refractivity contribution < 1.29 is 9.59 Å². The molecule has 98 valence electrons. The molecule has 1 aromatic heterocycles. The van der Waals surface area contributed by atoms with Crippen molar-refractivity contribution in [3.63, 3.8) is 0 Å². The maximum atomic E-state index is 11.7. The van der Waals surface area contributed by atoms with Gasteiger partial charge < -0.3 is 5.32 Å². The molecule has 0 radical (unpaired) electrons. The number of benzene rings is 1. The quantitative estimate of drug-likeness (QED) is 0.853. The van der Waals surface area contributed by atoms with E-state index >= 15 is 0 Å². The summed E-state index contributed by atoms with van der Waals surface area (Å²) in [6.45, 7) is 1.45. The van der Waals surface area contributed by atoms with Crippen LogP contribution in [0.25, 0.3) is 0 Å². The minimum atomic E-state index is -0.0963. The fourth-order valence-corrected chi connectivity index (χ4v) is 2.34. The standard InChI is InChI=1S/C14H14N2O2S/c1-10(17)12-9-19-14(15-12)16-13(18)8-7-11-5-3-2-4-6-11/h2-6,9H,7-8H2,1H3,(H,15,16,18). The average Bonchev–Trinajstić information content (AvgIpc) is 2.86. The number of carbonyl (C=O) groups excluding carboxylic acids is 2. The molecule has 4 nitrogen and oxygen atoms in total. The lowest BCUT2D eigenvalue weighted by molar-refractivity contribution is -0.116. The van der Waals surface area contributed by atoms with E-state index in [1.807, 2.05) is 30.3 Å². The van der Waals surface area contributed by atoms with Crippen LogP contribution in [0.1, 0.15) is 29.4 Å². The van der Waals surface area contributed by atoms with Crippen LogP contribution in [0.5, 0.6) is 0 Å². The second-order valence-corrected chi connectivity index (χ2v) is 4.99. The summed E-state index contributed by atoms with van der Waals surface area (Å²) < 4.78 is 0. The molecule has 0 saturated carbocycles. The summed E-state index contributed by atoms with van der Waals surface area (Å²) in [6, 6.07) is 9.83. The van der Waals surface area contributed by atoms with Crippen molar-refractivity contribution in [3.8, 4) is 0 Å². The van der Waals surface area contributed by atoms with Crippen molar-refractivity contribution in [3.05, 3.63) is 47.0 Å². The van der Waals surface area contributed by atoms with Crippen LogP contribution in [-0.4, -0.2) is 16.7 Å². The Morgan fingerprint density at radius 3 is 2.63 bits per heavy atom. The normalized spacial score (nSPS) is 10.2. The van der Waals surface area contributed by atoms with Crippen LogP contribution in [0.4, 0.5) is 5.13 Å². The number of hydrogen-bond acceptors (Lipinski definition) is 4. The minimum Gasteiger partial charge on any atom is -0.302 e. The highest BCUT2D eigenvalue weighted by Gasteiger charge is 2.09. The number of anilines is 1. The van der Waals surface area contributed by atoms with Crippen molar-refractivity contribution in [2.75, 3.05) is 5.32 Å². The van der Waals surface area contributed by atoms with Crippen LogP contribution in [0.3, 0.4) is 0 Å². The smallest absolute Gasteiger partial charge is 0.226 e. The Labute approximate surface area is 115 Å². The number of aryl methyl sites for hydroxylation is 1. The maximum absolute atomic E-state index is 11.7. The number of aromatic nitrogens is 1. The summed E-state index contributed by atoms with van der Waals surface area (Å²) in [7, 11) is 0. The second kappa shape index (κ2) is 6.24. The number of rotatable bonds is 5. The summed E-state index contributed by atoms with van der Waals surface area (Å²) in [6.07, 6.45) is 1.09. The highest BCUT2D eigenvalue weighted by atomic mass is 32.1. The van der Waals surface area contributed by atoms with Gasteiger partial charge in [-0.25, -0.2) is 4.98 Å². The Hall–Kier alpha value is -2.01. The van der Waals surface area contributed by atoms with Gasteiger partial charge in [0.05, 0.1) is 0 Å². The van der Waals surface area contributed by atoms with E-state index in [1.165, 1.54) is 18.3 Å². The first-order valence-corrected chi connectivity index (χ1v) is 6.83. The Bertz CT molecular complexity index is 578. The molecule has 0 spiro atoms. The molecule has 19 heavy (non-hydrogen) atoms. The number of hydrogen-bond donors (Lipinski definition) is 1. The van der Waals surface area contributed by atoms with E-state index in [2.05, 4.69) is 10.3 Å². The van der Waals surface area contributed by atoms with E-state index in [4.69, 9.17) is 0 Å². The minimum absolute atomic E-state index is 0.0895. The largest absolute Gasteiger partial charge is 0.302 e. The van der Waals surface area contributed by atoms with Crippen molar-refractivity contribution in [1.82, 2.24) is 4.98 Å². The Morgan fingerprint density at radius 1 is 1.26 bits per heavy atom. The van der Waals surface area contributed by atoms with E-state index < -0.39 is 0 Å². The highest BCUT2D eigenvalue weighted by Crippen LogP contribution is 2.16. The molecule has 1 N–H and O–H groups in total. The Morgan fingerprint density at radius 2 is 2.00 bits per heavy atom. The summed E-state index contributed by atoms with van der Waals surface area (Å²) >= 11 is 1.26. The highest BCUT2D eigenvalue weighted by molar-refractivity contribution is 7.14. The van der Waals surface area contributed by atoms with Gasteiger partial charge in [-0.3, -0.25) is 9.59 Å². The zero-order chi connectivity index (χ0) is 13.7. The zero-order valence-corrected chi connectivity index (χ0v) is 11.4. The number of ketones is 1. The molecule has 0 aliphatic carbocycles. The van der Waals surface area contributed by atoms with Gasteiger partial charge in [0.25, 0.3) is 0 Å². The van der Waals surface area contributed by atoms with E-state index in [-0.39, 0.29) is 11.7 Å². The lowest BCUT2D eigenvalue weighted by Crippen LogP contribution is -2.12. The Kier molecular flexibility index (Phi) is 4.41. The predicted molar refractivity (Wildman–Crippen MR) is 75.5 cm³/mol. The molecule has 1 heterocycles. The zero-order valence-electron chi connectivity index (χ0n) is 10.6. The van der Waals surface area contributed by atoms with Crippen molar-refractivity contribution in [2.45, 2.75) is 19.8 Å². The lowest BCUT2D eigenvalue weighted by atomic mass is 10.1. The molecule has 0 fully saturated rings. The molecular weight excluding hydrogens is 260 g/mol. The van der Waals surface area contributed by atoms with E-state index in [1.54, 1.807) is 5.38 Å². The molecule has 0 saturated heterocycles. The van der Waals surface area contributed by atoms with Crippen LogP contribution in [0, 0.1) is 0 Å². The van der Waals surface area contributed by atoms with Crippen LogP contribution in [0.15, 0.2) is 35.7 Å². The summed E-state index contributed by atoms with van der Waals surface area (Å²) in [5.41, 5.74) is 1.52. The SMILES string of the molecule is CC(=O)c1csc(NC(=O)CCc2ccccc2)n1. The van der Waals surface area contributed by atoms with Gasteiger partial charge in [0, 0.05) is 18.7 Å². The molecule has 5 heteroatoms. The molecule has 2 aromatic rings. The third-order valence-electron chi connectivity index (χ3n) is 2.59. The van der Waals surface area contributed by atoms with Gasteiger partial charge in [-0.2, -0.15) is 0 Å². The van der Waals surface area contributed by atoms with Gasteiger partial charge in [-0.1, -0.05) is 30.3 Å². The molecule has 0 aliphatic rings. The average molecular weight is 274 g/mol. The van der Waals surface area contributed by atoms with Crippen molar-refractivity contribution in [1.29, 1.82) is 0 Å². The maximum Gasteiger partial charge on any atom is 0.226 e. The van der Waals surface area contributed by atoms with Crippen molar-refractivity contribution >= 4 is 28.2 Å². The van der Waals surface area contributed by atoms with Gasteiger partial charge in [0.15, 0.2) is 10.9 Å². The van der Waals surface area contributed by atoms with E-state index in [9.17, 15) is 9.59 Å². The molecule has 1 amide bonds. The van der Waals surface area contributed by atoms with Crippen LogP contribution < -0.4 is 5.32 Å². The first-order valence-electron chi connectivity index (χ1n) is 5.95. The molecular formula is C14H14N2O2S. The van der Waals surface area contributed by atoms with E-state index in [0.717, 1.165) is 5.56 Å². The molecule has 1 aromatic carbocycles. The predicted octanol–water partition coefficient (Wildman–Crippen LogP) is 2.92. The van der Waals surface area contributed by atoms with Crippen LogP contribution >= 0.6 is 11.3 Å². The van der Waals surface area contributed by atoms with Gasteiger partial charge in [-0.05, 0) is 12.0 Å². The van der Waals surface area contributed by atoms with Gasteiger partial charge in [0.1, 0.15) is 5.69 Å². The first kappa shape index (κ1) is 13.4. The molecule has 0 aliphatic heterocycles.